The number of benzene rings is 1. The van der Waals surface area contributed by atoms with E-state index in [2.05, 4.69) is 50.6 Å². The first-order valence-electron chi connectivity index (χ1n) is 6.38. The van der Waals surface area contributed by atoms with Crippen molar-refractivity contribution in [2.45, 2.75) is 38.6 Å². The van der Waals surface area contributed by atoms with E-state index in [4.69, 9.17) is 0 Å². The highest BCUT2D eigenvalue weighted by Crippen LogP contribution is 2.35. The highest BCUT2D eigenvalue weighted by atomic mass is 79.9. The molecule has 3 heteroatoms. The molecular formula is C14H17BrN2. The van der Waals surface area contributed by atoms with E-state index in [-0.39, 0.29) is 0 Å². The minimum atomic E-state index is 0.634. The Morgan fingerprint density at radius 2 is 2.12 bits per heavy atom. The Hall–Kier alpha value is -0.830. The summed E-state index contributed by atoms with van der Waals surface area (Å²) in [4.78, 5) is 4.52. The lowest BCUT2D eigenvalue weighted by atomic mass is 9.86. The van der Waals surface area contributed by atoms with Crippen molar-refractivity contribution in [3.63, 3.8) is 0 Å². The summed E-state index contributed by atoms with van der Waals surface area (Å²) >= 11 is 3.50. The molecule has 0 unspecified atom stereocenters. The van der Waals surface area contributed by atoms with Gasteiger partial charge in [-0.05, 0) is 37.0 Å². The minimum Gasteiger partial charge on any atom is -0.327 e. The van der Waals surface area contributed by atoms with Gasteiger partial charge in [0.05, 0.1) is 17.4 Å². The van der Waals surface area contributed by atoms with Crippen LogP contribution in [0.25, 0.3) is 11.0 Å². The molecule has 2 nitrogen and oxygen atoms in total. The van der Waals surface area contributed by atoms with Gasteiger partial charge in [0.25, 0.3) is 0 Å². The van der Waals surface area contributed by atoms with Gasteiger partial charge in [-0.2, -0.15) is 0 Å². The standard InChI is InChI=1S/C14H17BrN2/c1-10-4-2-3-5-13(10)17-9-16-12-8-11(15)6-7-14(12)17/h6-10,13H,2-5H2,1H3/t10-,13+/m1/s1. The summed E-state index contributed by atoms with van der Waals surface area (Å²) in [5, 5.41) is 0. The molecule has 0 aliphatic heterocycles. The zero-order valence-corrected chi connectivity index (χ0v) is 11.7. The van der Waals surface area contributed by atoms with Gasteiger partial charge in [0.1, 0.15) is 0 Å². The molecule has 0 radical (unpaired) electrons. The van der Waals surface area contributed by atoms with Crippen molar-refractivity contribution in [2.75, 3.05) is 0 Å². The Kier molecular flexibility index (Phi) is 2.95. The largest absolute Gasteiger partial charge is 0.327 e. The maximum absolute atomic E-state index is 4.52. The van der Waals surface area contributed by atoms with Gasteiger partial charge >= 0.3 is 0 Å². The molecule has 1 aromatic carbocycles. The van der Waals surface area contributed by atoms with Crippen molar-refractivity contribution in [3.05, 3.63) is 29.0 Å². The number of nitrogens with zero attached hydrogens (tertiary/aromatic N) is 2. The number of halogens is 1. The van der Waals surface area contributed by atoms with Crippen LogP contribution in [0.4, 0.5) is 0 Å². The predicted molar refractivity (Wildman–Crippen MR) is 74.1 cm³/mol. The molecule has 1 aromatic heterocycles. The van der Waals surface area contributed by atoms with E-state index >= 15 is 0 Å². The van der Waals surface area contributed by atoms with Crippen LogP contribution in [-0.2, 0) is 0 Å². The number of hydrogen-bond donors (Lipinski definition) is 0. The Morgan fingerprint density at radius 3 is 2.94 bits per heavy atom. The van der Waals surface area contributed by atoms with Crippen LogP contribution in [-0.4, -0.2) is 9.55 Å². The second-order valence-corrected chi connectivity index (χ2v) is 6.03. The first-order valence-corrected chi connectivity index (χ1v) is 7.17. The summed E-state index contributed by atoms with van der Waals surface area (Å²) in [6.45, 7) is 2.37. The molecule has 1 heterocycles. The SMILES string of the molecule is C[C@@H]1CCCC[C@@H]1n1cnc2cc(Br)ccc21. The molecule has 0 saturated heterocycles. The van der Waals surface area contributed by atoms with Gasteiger partial charge < -0.3 is 4.57 Å². The van der Waals surface area contributed by atoms with Gasteiger partial charge in [-0.3, -0.25) is 0 Å². The van der Waals surface area contributed by atoms with Crippen molar-refractivity contribution in [1.82, 2.24) is 9.55 Å². The molecule has 1 aliphatic carbocycles. The third kappa shape index (κ3) is 2.01. The van der Waals surface area contributed by atoms with Crippen LogP contribution in [0, 0.1) is 5.92 Å². The Bertz CT molecular complexity index is 532. The second kappa shape index (κ2) is 4.45. The average Bonchev–Trinajstić information content (AvgIpc) is 2.72. The molecule has 1 saturated carbocycles. The first kappa shape index (κ1) is 11.3. The third-order valence-corrected chi connectivity index (χ3v) is 4.45. The number of fused-ring (bicyclic) bond motifs is 1. The maximum atomic E-state index is 4.52. The molecule has 90 valence electrons. The molecule has 0 N–H and O–H groups in total. The molecule has 0 amide bonds. The predicted octanol–water partition coefficient (Wildman–Crippen LogP) is 4.55. The second-order valence-electron chi connectivity index (χ2n) is 5.11. The van der Waals surface area contributed by atoms with Crippen molar-refractivity contribution in [2.24, 2.45) is 5.92 Å². The van der Waals surface area contributed by atoms with Gasteiger partial charge in [-0.1, -0.05) is 35.7 Å². The summed E-state index contributed by atoms with van der Waals surface area (Å²) in [5.74, 6) is 0.768. The molecule has 0 spiro atoms. The lowest BCUT2D eigenvalue weighted by molar-refractivity contribution is 0.262. The van der Waals surface area contributed by atoms with Crippen molar-refractivity contribution in [1.29, 1.82) is 0 Å². The molecule has 1 fully saturated rings. The maximum Gasteiger partial charge on any atom is 0.0961 e. The molecule has 2 atom stereocenters. The summed E-state index contributed by atoms with van der Waals surface area (Å²) in [7, 11) is 0. The molecule has 2 aromatic rings. The molecule has 17 heavy (non-hydrogen) atoms. The van der Waals surface area contributed by atoms with Crippen LogP contribution in [0.1, 0.15) is 38.6 Å². The molecule has 0 bridgehead atoms. The average molecular weight is 293 g/mol. The van der Waals surface area contributed by atoms with Crippen molar-refractivity contribution < 1.29 is 0 Å². The quantitative estimate of drug-likeness (QED) is 0.754. The molecule has 1 aliphatic rings. The minimum absolute atomic E-state index is 0.634. The number of hydrogen-bond acceptors (Lipinski definition) is 1. The highest BCUT2D eigenvalue weighted by molar-refractivity contribution is 9.10. The monoisotopic (exact) mass is 292 g/mol. The van der Waals surface area contributed by atoms with Crippen LogP contribution in [0.3, 0.4) is 0 Å². The zero-order chi connectivity index (χ0) is 11.8. The Labute approximate surface area is 110 Å². The summed E-state index contributed by atoms with van der Waals surface area (Å²) in [6, 6.07) is 7.01. The lowest BCUT2D eigenvalue weighted by Crippen LogP contribution is -2.20. The topological polar surface area (TPSA) is 17.8 Å². The fourth-order valence-corrected chi connectivity index (χ4v) is 3.33. The van der Waals surface area contributed by atoms with Crippen molar-refractivity contribution in [3.8, 4) is 0 Å². The van der Waals surface area contributed by atoms with Crippen LogP contribution in [0.5, 0.6) is 0 Å². The van der Waals surface area contributed by atoms with E-state index in [1.165, 1.54) is 31.2 Å². The van der Waals surface area contributed by atoms with Crippen LogP contribution >= 0.6 is 15.9 Å². The third-order valence-electron chi connectivity index (χ3n) is 3.96. The fourth-order valence-electron chi connectivity index (χ4n) is 2.98. The van der Waals surface area contributed by atoms with E-state index in [9.17, 15) is 0 Å². The van der Waals surface area contributed by atoms with Crippen LogP contribution < -0.4 is 0 Å². The van der Waals surface area contributed by atoms with Gasteiger partial charge in [-0.15, -0.1) is 0 Å². The van der Waals surface area contributed by atoms with E-state index in [1.807, 2.05) is 6.33 Å². The summed E-state index contributed by atoms with van der Waals surface area (Å²) in [6.07, 6.45) is 7.40. The highest BCUT2D eigenvalue weighted by Gasteiger charge is 2.23. The normalized spacial score (nSPS) is 25.3. The molecule has 3 rings (SSSR count). The summed E-state index contributed by atoms with van der Waals surface area (Å²) in [5.41, 5.74) is 2.36. The van der Waals surface area contributed by atoms with E-state index in [1.54, 1.807) is 0 Å². The summed E-state index contributed by atoms with van der Waals surface area (Å²) < 4.78 is 3.48. The molecular weight excluding hydrogens is 276 g/mol. The zero-order valence-electron chi connectivity index (χ0n) is 10.1. The van der Waals surface area contributed by atoms with E-state index in [0.717, 1.165) is 15.9 Å². The number of rotatable bonds is 1. The fraction of sp³-hybridized carbons (Fsp3) is 0.500. The van der Waals surface area contributed by atoms with Gasteiger partial charge in [0, 0.05) is 10.5 Å². The number of imidazole rings is 1. The van der Waals surface area contributed by atoms with Gasteiger partial charge in [0.2, 0.25) is 0 Å². The van der Waals surface area contributed by atoms with Crippen LogP contribution in [0.15, 0.2) is 29.0 Å². The van der Waals surface area contributed by atoms with Gasteiger partial charge in [-0.25, -0.2) is 4.98 Å². The van der Waals surface area contributed by atoms with Gasteiger partial charge in [0.15, 0.2) is 0 Å². The van der Waals surface area contributed by atoms with E-state index in [0.29, 0.717) is 6.04 Å². The van der Waals surface area contributed by atoms with Crippen LogP contribution in [0.2, 0.25) is 0 Å². The van der Waals surface area contributed by atoms with Crippen molar-refractivity contribution >= 4 is 27.0 Å². The number of aromatic nitrogens is 2. The Balaban J connectivity index is 2.05. The Morgan fingerprint density at radius 1 is 1.29 bits per heavy atom. The smallest absolute Gasteiger partial charge is 0.0961 e. The van der Waals surface area contributed by atoms with E-state index < -0.39 is 0 Å². The lowest BCUT2D eigenvalue weighted by Gasteiger charge is -2.30. The first-order chi connectivity index (χ1) is 8.25.